The van der Waals surface area contributed by atoms with Crippen molar-refractivity contribution in [1.82, 2.24) is 24.9 Å². The maximum absolute atomic E-state index is 12.3. The van der Waals surface area contributed by atoms with Crippen molar-refractivity contribution in [3.63, 3.8) is 0 Å². The van der Waals surface area contributed by atoms with Gasteiger partial charge in [0.15, 0.2) is 5.82 Å². The highest BCUT2D eigenvalue weighted by atomic mass is 32.1. The minimum atomic E-state index is -0.131. The molecule has 4 aromatic rings. The van der Waals surface area contributed by atoms with Crippen LogP contribution in [0.15, 0.2) is 60.9 Å². The van der Waals surface area contributed by atoms with Crippen LogP contribution < -0.4 is 10.6 Å². The Bertz CT molecular complexity index is 1280. The van der Waals surface area contributed by atoms with Gasteiger partial charge in [-0.3, -0.25) is 4.79 Å². The van der Waals surface area contributed by atoms with Crippen molar-refractivity contribution in [3.8, 4) is 0 Å². The van der Waals surface area contributed by atoms with Crippen molar-refractivity contribution >= 4 is 55.1 Å². The molecular formula is C20H15N7OS. The van der Waals surface area contributed by atoms with E-state index < -0.39 is 0 Å². The normalized spacial score (nSPS) is 13.4. The van der Waals surface area contributed by atoms with Gasteiger partial charge < -0.3 is 10.6 Å². The number of fused-ring (bicyclic) bond motifs is 3. The lowest BCUT2D eigenvalue weighted by atomic mass is 10.0. The zero-order valence-corrected chi connectivity index (χ0v) is 16.0. The summed E-state index contributed by atoms with van der Waals surface area (Å²) in [5, 5.41) is 6.94. The number of hydrogen-bond donors (Lipinski definition) is 2. The fourth-order valence-electron chi connectivity index (χ4n) is 3.07. The largest absolute Gasteiger partial charge is 0.320 e. The highest BCUT2D eigenvalue weighted by Crippen LogP contribution is 2.35. The second-order valence-corrected chi connectivity index (χ2v) is 7.39. The van der Waals surface area contributed by atoms with E-state index in [9.17, 15) is 4.79 Å². The third kappa shape index (κ3) is 3.43. The lowest BCUT2D eigenvalue weighted by Crippen LogP contribution is -2.15. The molecule has 0 atom stereocenters. The van der Waals surface area contributed by atoms with Crippen molar-refractivity contribution in [3.05, 3.63) is 60.9 Å². The van der Waals surface area contributed by atoms with Crippen LogP contribution in [0, 0.1) is 0 Å². The molecule has 9 heteroatoms. The van der Waals surface area contributed by atoms with E-state index in [1.54, 1.807) is 18.6 Å². The first-order valence-corrected chi connectivity index (χ1v) is 9.84. The summed E-state index contributed by atoms with van der Waals surface area (Å²) in [6, 6.07) is 3.88. The molecule has 5 rings (SSSR count). The Morgan fingerprint density at radius 1 is 1.10 bits per heavy atom. The maximum Gasteiger partial charge on any atom is 0.251 e. The zero-order valence-electron chi connectivity index (χ0n) is 15.2. The molecule has 0 aromatic carbocycles. The predicted octanol–water partition coefficient (Wildman–Crippen LogP) is 3.99. The average Bonchev–Trinajstić information content (AvgIpc) is 3.16. The number of carbonyl (C=O) groups is 1. The number of anilines is 3. The summed E-state index contributed by atoms with van der Waals surface area (Å²) in [6.45, 7) is 0. The third-order valence-corrected chi connectivity index (χ3v) is 5.58. The molecule has 0 fully saturated rings. The van der Waals surface area contributed by atoms with Gasteiger partial charge in [0.2, 0.25) is 5.95 Å². The first-order valence-electron chi connectivity index (χ1n) is 9.02. The van der Waals surface area contributed by atoms with Gasteiger partial charge in [-0.1, -0.05) is 18.2 Å². The lowest BCUT2D eigenvalue weighted by molar-refractivity contribution is -0.113. The average molecular weight is 401 g/mol. The van der Waals surface area contributed by atoms with E-state index in [1.807, 2.05) is 30.4 Å². The van der Waals surface area contributed by atoms with Gasteiger partial charge >= 0.3 is 0 Å². The molecule has 1 amide bonds. The first-order chi connectivity index (χ1) is 14.3. The van der Waals surface area contributed by atoms with Crippen LogP contribution in [0.4, 0.5) is 17.5 Å². The Hall–Kier alpha value is -3.72. The molecule has 0 saturated heterocycles. The molecule has 142 valence electrons. The summed E-state index contributed by atoms with van der Waals surface area (Å²) in [6.07, 6.45) is 13.8. The number of hydrogen-bond acceptors (Lipinski definition) is 8. The Morgan fingerprint density at radius 2 is 2.00 bits per heavy atom. The summed E-state index contributed by atoms with van der Waals surface area (Å²) < 4.78 is 0.888. The van der Waals surface area contributed by atoms with E-state index in [-0.39, 0.29) is 5.91 Å². The molecule has 2 N–H and O–H groups in total. The molecule has 8 nitrogen and oxygen atoms in total. The SMILES string of the molecule is O=C(Nc1cnc(Nc2ncnc3c2sc2ncccc23)nc1)C1=CC=CCC1. The van der Waals surface area contributed by atoms with Gasteiger partial charge in [0.05, 0.1) is 28.3 Å². The van der Waals surface area contributed by atoms with Gasteiger partial charge in [-0.05, 0) is 25.0 Å². The molecule has 29 heavy (non-hydrogen) atoms. The van der Waals surface area contributed by atoms with Crippen LogP contribution in [0.25, 0.3) is 20.4 Å². The lowest BCUT2D eigenvalue weighted by Gasteiger charge is -2.10. The summed E-state index contributed by atoms with van der Waals surface area (Å²) in [7, 11) is 0. The molecule has 0 aliphatic heterocycles. The Morgan fingerprint density at radius 3 is 2.83 bits per heavy atom. The van der Waals surface area contributed by atoms with Crippen LogP contribution in [0.5, 0.6) is 0 Å². The molecule has 4 aromatic heterocycles. The van der Waals surface area contributed by atoms with Gasteiger partial charge in [0.1, 0.15) is 11.2 Å². The molecule has 1 aliphatic carbocycles. The second-order valence-electron chi connectivity index (χ2n) is 6.39. The molecule has 0 bridgehead atoms. The highest BCUT2D eigenvalue weighted by Gasteiger charge is 2.14. The summed E-state index contributed by atoms with van der Waals surface area (Å²) >= 11 is 1.51. The van der Waals surface area contributed by atoms with Gasteiger partial charge in [0.25, 0.3) is 5.91 Å². The predicted molar refractivity (Wildman–Crippen MR) is 113 cm³/mol. The minimum Gasteiger partial charge on any atom is -0.320 e. The van der Waals surface area contributed by atoms with Crippen molar-refractivity contribution in [2.75, 3.05) is 10.6 Å². The quantitative estimate of drug-likeness (QED) is 0.533. The van der Waals surface area contributed by atoms with E-state index in [4.69, 9.17) is 0 Å². The van der Waals surface area contributed by atoms with Crippen molar-refractivity contribution in [1.29, 1.82) is 0 Å². The fraction of sp³-hybridized carbons (Fsp3) is 0.100. The molecule has 0 spiro atoms. The molecular weight excluding hydrogens is 386 g/mol. The molecule has 1 aliphatic rings. The van der Waals surface area contributed by atoms with Crippen LogP contribution in [0.1, 0.15) is 12.8 Å². The number of pyridine rings is 1. The zero-order chi connectivity index (χ0) is 19.6. The molecule has 0 saturated carbocycles. The third-order valence-electron chi connectivity index (χ3n) is 4.47. The van der Waals surface area contributed by atoms with Crippen LogP contribution in [-0.2, 0) is 4.79 Å². The van der Waals surface area contributed by atoms with E-state index in [0.29, 0.717) is 17.5 Å². The molecule has 0 radical (unpaired) electrons. The number of amides is 1. The number of nitrogens with one attached hydrogen (secondary N) is 2. The second kappa shape index (κ2) is 7.36. The first kappa shape index (κ1) is 17.4. The summed E-state index contributed by atoms with van der Waals surface area (Å²) in [5.74, 6) is 0.871. The number of nitrogens with zero attached hydrogens (tertiary/aromatic N) is 5. The number of rotatable bonds is 4. The number of aromatic nitrogens is 5. The number of allylic oxidation sites excluding steroid dienone is 3. The van der Waals surface area contributed by atoms with Gasteiger partial charge in [-0.25, -0.2) is 24.9 Å². The van der Waals surface area contributed by atoms with E-state index in [2.05, 4.69) is 35.6 Å². The maximum atomic E-state index is 12.3. The van der Waals surface area contributed by atoms with Crippen molar-refractivity contribution < 1.29 is 4.79 Å². The van der Waals surface area contributed by atoms with Crippen molar-refractivity contribution in [2.45, 2.75) is 12.8 Å². The summed E-state index contributed by atoms with van der Waals surface area (Å²) in [4.78, 5) is 34.8. The van der Waals surface area contributed by atoms with Gasteiger partial charge in [-0.15, -0.1) is 11.3 Å². The molecule has 0 unspecified atom stereocenters. The van der Waals surface area contributed by atoms with Gasteiger partial charge in [-0.2, -0.15) is 0 Å². The fourth-order valence-corrected chi connectivity index (χ4v) is 4.11. The topological polar surface area (TPSA) is 106 Å². The Balaban J connectivity index is 1.37. The van der Waals surface area contributed by atoms with Crippen LogP contribution in [0.2, 0.25) is 0 Å². The van der Waals surface area contributed by atoms with Crippen LogP contribution >= 0.6 is 11.3 Å². The Labute approximate surface area is 169 Å². The summed E-state index contributed by atoms with van der Waals surface area (Å²) in [5.41, 5.74) is 2.13. The highest BCUT2D eigenvalue weighted by molar-refractivity contribution is 7.25. The Kier molecular flexibility index (Phi) is 4.41. The van der Waals surface area contributed by atoms with Gasteiger partial charge in [0, 0.05) is 17.2 Å². The number of thiophene rings is 1. The molecule has 4 heterocycles. The van der Waals surface area contributed by atoms with Crippen LogP contribution in [-0.4, -0.2) is 30.8 Å². The van der Waals surface area contributed by atoms with E-state index >= 15 is 0 Å². The monoisotopic (exact) mass is 401 g/mol. The standard InChI is InChI=1S/C20H15N7OS/c28-18(12-5-2-1-3-6-12)26-13-9-22-20(23-10-13)27-17-16-15(24-11-25-17)14-7-4-8-21-19(14)29-16/h1-2,4-5,7-11H,3,6H2,(H,26,28)(H,22,23,24,25,27). The van der Waals surface area contributed by atoms with E-state index in [0.717, 1.165) is 38.8 Å². The minimum absolute atomic E-state index is 0.131. The van der Waals surface area contributed by atoms with Crippen LogP contribution in [0.3, 0.4) is 0 Å². The van der Waals surface area contributed by atoms with Crippen molar-refractivity contribution in [2.24, 2.45) is 0 Å². The van der Waals surface area contributed by atoms with E-state index in [1.165, 1.54) is 17.7 Å². The smallest absolute Gasteiger partial charge is 0.251 e. The number of carbonyl (C=O) groups excluding carboxylic acids is 1.